The Hall–Kier alpha value is -0.570. The highest BCUT2D eigenvalue weighted by molar-refractivity contribution is 9.10. The number of hydrogen-bond donors (Lipinski definition) is 0. The van der Waals surface area contributed by atoms with E-state index in [1.807, 2.05) is 0 Å². The van der Waals surface area contributed by atoms with Crippen molar-refractivity contribution in [2.24, 2.45) is 6.98 Å². The first-order valence-corrected chi connectivity index (χ1v) is 3.10. The molecule has 0 atom stereocenters. The SMILES string of the molecule is [2H]C([2H])([2H])n1cccc(Br)c1=O. The standard InChI is InChI=1S/C6H6BrNO/c1-8-4-2-3-5(7)6(8)9/h2-4H,1H3/i1D3. The third-order valence-corrected chi connectivity index (χ3v) is 1.50. The average Bonchev–Trinajstić information content (AvgIpc) is 1.92. The van der Waals surface area contributed by atoms with Crippen LogP contribution in [0, 0.1) is 0 Å². The van der Waals surface area contributed by atoms with Gasteiger partial charge in [-0.05, 0) is 28.1 Å². The van der Waals surface area contributed by atoms with E-state index in [1.165, 1.54) is 18.3 Å². The summed E-state index contributed by atoms with van der Waals surface area (Å²) in [5.41, 5.74) is -0.544. The first-order chi connectivity index (χ1) is 5.43. The molecule has 0 unspecified atom stereocenters. The Kier molecular flexibility index (Phi) is 0.931. The summed E-state index contributed by atoms with van der Waals surface area (Å²) in [6.07, 6.45) is 1.24. The van der Waals surface area contributed by atoms with Crippen molar-refractivity contribution >= 4 is 15.9 Å². The first-order valence-electron chi connectivity index (χ1n) is 3.80. The molecule has 9 heavy (non-hydrogen) atoms. The Morgan fingerprint density at radius 2 is 2.67 bits per heavy atom. The molecule has 0 radical (unpaired) electrons. The Morgan fingerprint density at radius 3 is 3.22 bits per heavy atom. The highest BCUT2D eigenvalue weighted by Gasteiger charge is 1.91. The van der Waals surface area contributed by atoms with Crippen LogP contribution in [0.15, 0.2) is 27.6 Å². The summed E-state index contributed by atoms with van der Waals surface area (Å²) in [5.74, 6) is 0. The lowest BCUT2D eigenvalue weighted by molar-refractivity contribution is 0.853. The molecule has 1 aromatic heterocycles. The van der Waals surface area contributed by atoms with Crippen molar-refractivity contribution in [3.8, 4) is 0 Å². The van der Waals surface area contributed by atoms with E-state index in [-0.39, 0.29) is 4.47 Å². The van der Waals surface area contributed by atoms with E-state index in [4.69, 9.17) is 4.11 Å². The zero-order valence-corrected chi connectivity index (χ0v) is 6.05. The van der Waals surface area contributed by atoms with Gasteiger partial charge >= 0.3 is 0 Å². The molecule has 0 bridgehead atoms. The monoisotopic (exact) mass is 190 g/mol. The van der Waals surface area contributed by atoms with Gasteiger partial charge in [0.1, 0.15) is 0 Å². The fourth-order valence-electron chi connectivity index (χ4n) is 0.468. The molecule has 1 heterocycles. The Morgan fingerprint density at radius 1 is 1.89 bits per heavy atom. The Balaban J connectivity index is 3.37. The van der Waals surface area contributed by atoms with Gasteiger partial charge in [0.15, 0.2) is 0 Å². The van der Waals surface area contributed by atoms with E-state index in [1.54, 1.807) is 0 Å². The lowest BCUT2D eigenvalue weighted by Crippen LogP contribution is -2.15. The van der Waals surface area contributed by atoms with Crippen molar-refractivity contribution in [2.75, 3.05) is 0 Å². The third kappa shape index (κ3) is 1.21. The van der Waals surface area contributed by atoms with Gasteiger partial charge in [-0.15, -0.1) is 0 Å². The minimum Gasteiger partial charge on any atom is -0.318 e. The number of pyridine rings is 1. The average molecular weight is 191 g/mol. The van der Waals surface area contributed by atoms with Crippen molar-refractivity contribution in [3.63, 3.8) is 0 Å². The summed E-state index contributed by atoms with van der Waals surface area (Å²) in [6.45, 7) is -2.40. The van der Waals surface area contributed by atoms with Crippen molar-refractivity contribution < 1.29 is 4.11 Å². The zero-order chi connectivity index (χ0) is 9.35. The molecule has 0 spiro atoms. The van der Waals surface area contributed by atoms with Crippen molar-refractivity contribution in [1.82, 2.24) is 4.57 Å². The number of aromatic nitrogens is 1. The van der Waals surface area contributed by atoms with Gasteiger partial charge in [-0.3, -0.25) is 4.79 Å². The summed E-state index contributed by atoms with van der Waals surface area (Å²) in [5, 5.41) is 0. The second kappa shape index (κ2) is 2.35. The van der Waals surface area contributed by atoms with Gasteiger partial charge in [-0.2, -0.15) is 0 Å². The van der Waals surface area contributed by atoms with Crippen LogP contribution in [-0.4, -0.2) is 4.57 Å². The summed E-state index contributed by atoms with van der Waals surface area (Å²) in [7, 11) is 0. The summed E-state index contributed by atoms with van der Waals surface area (Å²) < 4.78 is 21.9. The summed E-state index contributed by atoms with van der Waals surface area (Å²) in [4.78, 5) is 11.2. The van der Waals surface area contributed by atoms with Crippen LogP contribution in [0.5, 0.6) is 0 Å². The van der Waals surface area contributed by atoms with E-state index >= 15 is 0 Å². The minimum atomic E-state index is -2.40. The number of hydrogen-bond acceptors (Lipinski definition) is 1. The van der Waals surface area contributed by atoms with Crippen LogP contribution in [0.25, 0.3) is 0 Å². The molecule has 0 aliphatic heterocycles. The van der Waals surface area contributed by atoms with E-state index in [0.29, 0.717) is 4.57 Å². The Bertz CT molecular complexity index is 343. The van der Waals surface area contributed by atoms with E-state index < -0.39 is 12.5 Å². The van der Waals surface area contributed by atoms with Crippen molar-refractivity contribution in [3.05, 3.63) is 33.2 Å². The lowest BCUT2D eigenvalue weighted by atomic mass is 10.5. The fraction of sp³-hybridized carbons (Fsp3) is 0.167. The normalized spacial score (nSPS) is 15.9. The van der Waals surface area contributed by atoms with Gasteiger partial charge < -0.3 is 4.57 Å². The molecule has 0 saturated carbocycles. The van der Waals surface area contributed by atoms with Crippen LogP contribution < -0.4 is 5.56 Å². The van der Waals surface area contributed by atoms with Gasteiger partial charge in [0.2, 0.25) is 0 Å². The summed E-state index contributed by atoms with van der Waals surface area (Å²) >= 11 is 2.96. The maximum atomic E-state index is 11.2. The number of halogens is 1. The van der Waals surface area contributed by atoms with Crippen LogP contribution in [0.2, 0.25) is 0 Å². The largest absolute Gasteiger partial charge is 0.318 e. The van der Waals surface area contributed by atoms with Crippen LogP contribution in [0.3, 0.4) is 0 Å². The third-order valence-electron chi connectivity index (χ3n) is 0.901. The molecule has 0 fully saturated rings. The van der Waals surface area contributed by atoms with Crippen LogP contribution in [-0.2, 0) is 6.98 Å². The topological polar surface area (TPSA) is 22.0 Å². The highest BCUT2D eigenvalue weighted by atomic mass is 79.9. The fourth-order valence-corrected chi connectivity index (χ4v) is 0.811. The maximum absolute atomic E-state index is 11.2. The predicted molar refractivity (Wildman–Crippen MR) is 39.4 cm³/mol. The van der Waals surface area contributed by atoms with Crippen molar-refractivity contribution in [2.45, 2.75) is 0 Å². The molecule has 1 aromatic rings. The Labute approximate surface area is 65.5 Å². The molecule has 2 nitrogen and oxygen atoms in total. The quantitative estimate of drug-likeness (QED) is 0.602. The molecule has 0 amide bonds. The predicted octanol–water partition coefficient (Wildman–Crippen LogP) is 1.15. The van der Waals surface area contributed by atoms with Gasteiger partial charge in [-0.1, -0.05) is 0 Å². The first kappa shape index (κ1) is 3.56. The van der Waals surface area contributed by atoms with Gasteiger partial charge in [-0.25, -0.2) is 0 Å². The number of nitrogens with zero attached hydrogens (tertiary/aromatic N) is 1. The molecular formula is C6H6BrNO. The molecule has 0 aromatic carbocycles. The zero-order valence-electron chi connectivity index (χ0n) is 7.47. The second-order valence-electron chi connectivity index (χ2n) is 1.53. The molecule has 0 saturated heterocycles. The highest BCUT2D eigenvalue weighted by Crippen LogP contribution is 1.98. The van der Waals surface area contributed by atoms with Crippen molar-refractivity contribution in [1.29, 1.82) is 0 Å². The van der Waals surface area contributed by atoms with Crippen LogP contribution >= 0.6 is 15.9 Å². The van der Waals surface area contributed by atoms with Crippen LogP contribution in [0.4, 0.5) is 0 Å². The van der Waals surface area contributed by atoms with Gasteiger partial charge in [0.25, 0.3) is 5.56 Å². The number of rotatable bonds is 0. The number of aryl methyl sites for hydroxylation is 1. The lowest BCUT2D eigenvalue weighted by Gasteiger charge is -1.93. The molecule has 1 rings (SSSR count). The molecule has 0 N–H and O–H groups in total. The van der Waals surface area contributed by atoms with E-state index in [9.17, 15) is 4.79 Å². The smallest absolute Gasteiger partial charge is 0.264 e. The molecule has 0 aliphatic carbocycles. The van der Waals surface area contributed by atoms with E-state index in [0.717, 1.165) is 0 Å². The minimum absolute atomic E-state index is 0.251. The maximum Gasteiger partial charge on any atom is 0.264 e. The molecular weight excluding hydrogens is 182 g/mol. The van der Waals surface area contributed by atoms with Gasteiger partial charge in [0, 0.05) is 17.3 Å². The second-order valence-corrected chi connectivity index (χ2v) is 2.39. The van der Waals surface area contributed by atoms with Gasteiger partial charge in [0.05, 0.1) is 4.47 Å². The molecule has 3 heteroatoms. The molecule has 48 valence electrons. The van der Waals surface area contributed by atoms with Crippen LogP contribution in [0.1, 0.15) is 4.11 Å². The van der Waals surface area contributed by atoms with E-state index in [2.05, 4.69) is 15.9 Å². The summed E-state index contributed by atoms with van der Waals surface area (Å²) in [6, 6.07) is 3.00. The molecule has 0 aliphatic rings.